The van der Waals surface area contributed by atoms with E-state index in [2.05, 4.69) is 36.4 Å². The summed E-state index contributed by atoms with van der Waals surface area (Å²) in [5, 5.41) is 4.22. The third-order valence-electron chi connectivity index (χ3n) is 6.26. The Bertz CT molecular complexity index is 1790. The van der Waals surface area contributed by atoms with Crippen LogP contribution in [0, 0.1) is 0 Å². The van der Waals surface area contributed by atoms with Crippen LogP contribution in [0.3, 0.4) is 0 Å². The number of benzene rings is 5. The highest BCUT2D eigenvalue weighted by Crippen LogP contribution is 2.39. The predicted octanol–water partition coefficient (Wildman–Crippen LogP) is 7.01. The zero-order valence-corrected chi connectivity index (χ0v) is 17.6. The Hall–Kier alpha value is -4.31. The first-order chi connectivity index (χ1) is 16.3. The van der Waals surface area contributed by atoms with Crippen molar-refractivity contribution < 1.29 is 8.83 Å². The highest BCUT2D eigenvalue weighted by molar-refractivity contribution is 6.41. The van der Waals surface area contributed by atoms with E-state index < -0.39 is 0 Å². The first kappa shape index (κ1) is 18.3. The van der Waals surface area contributed by atoms with Gasteiger partial charge in [-0.25, -0.2) is 4.98 Å². The van der Waals surface area contributed by atoms with Crippen molar-refractivity contribution >= 4 is 57.1 Å². The molecule has 0 aliphatic rings. The van der Waals surface area contributed by atoms with Crippen molar-refractivity contribution in [2.75, 3.05) is 0 Å². The number of hydrogen-bond donors (Lipinski definition) is 0. The van der Waals surface area contributed by atoms with Gasteiger partial charge in [0, 0.05) is 21.9 Å². The van der Waals surface area contributed by atoms with Crippen LogP contribution in [0.25, 0.3) is 66.4 Å². The number of nitrogens with zero attached hydrogens (tertiary/aromatic N) is 1. The largest absolute Gasteiger partial charge is 0.455 e. The standard InChI is InChI=1S/C29H16BNO2/c30-23-13-6-14-25-27(23)22-12-5-11-20(28(22)32-25)19-9-3-4-10-21(19)29-31-24-15-17-7-1-2-8-18(17)16-26(24)33-29/h1-16H. The molecule has 0 saturated heterocycles. The van der Waals surface area contributed by atoms with Gasteiger partial charge in [-0.15, -0.1) is 0 Å². The van der Waals surface area contributed by atoms with Crippen LogP contribution >= 0.6 is 0 Å². The number of rotatable bonds is 2. The number of aromatic nitrogens is 1. The van der Waals surface area contributed by atoms with E-state index in [1.807, 2.05) is 60.7 Å². The molecule has 152 valence electrons. The summed E-state index contributed by atoms with van der Waals surface area (Å²) in [7, 11) is 6.28. The minimum absolute atomic E-state index is 0.587. The Balaban J connectivity index is 1.48. The van der Waals surface area contributed by atoms with Crippen molar-refractivity contribution in [2.45, 2.75) is 0 Å². The van der Waals surface area contributed by atoms with Crippen LogP contribution in [0.5, 0.6) is 0 Å². The van der Waals surface area contributed by atoms with Gasteiger partial charge in [0.2, 0.25) is 5.89 Å². The lowest BCUT2D eigenvalue weighted by Gasteiger charge is -2.07. The summed E-state index contributed by atoms with van der Waals surface area (Å²) in [6.07, 6.45) is 0. The summed E-state index contributed by atoms with van der Waals surface area (Å²) in [5.74, 6) is 0.587. The van der Waals surface area contributed by atoms with E-state index in [4.69, 9.17) is 21.7 Å². The molecule has 33 heavy (non-hydrogen) atoms. The zero-order chi connectivity index (χ0) is 21.9. The summed E-state index contributed by atoms with van der Waals surface area (Å²) in [6.45, 7) is 0. The average molecular weight is 421 g/mol. The van der Waals surface area contributed by atoms with Gasteiger partial charge in [-0.3, -0.25) is 0 Å². The molecule has 0 spiro atoms. The molecular formula is C29H16BNO2. The summed E-state index contributed by atoms with van der Waals surface area (Å²) in [5.41, 5.74) is 6.80. The van der Waals surface area contributed by atoms with Gasteiger partial charge in [0.15, 0.2) is 5.58 Å². The topological polar surface area (TPSA) is 39.2 Å². The summed E-state index contributed by atoms with van der Waals surface area (Å²) in [4.78, 5) is 4.84. The Morgan fingerprint density at radius 3 is 2.21 bits per heavy atom. The monoisotopic (exact) mass is 421 g/mol. The van der Waals surface area contributed by atoms with E-state index in [0.717, 1.165) is 60.5 Å². The third-order valence-corrected chi connectivity index (χ3v) is 6.26. The van der Waals surface area contributed by atoms with Gasteiger partial charge in [0.25, 0.3) is 0 Å². The molecule has 7 rings (SSSR count). The zero-order valence-electron chi connectivity index (χ0n) is 17.6. The lowest BCUT2D eigenvalue weighted by molar-refractivity contribution is 0.620. The van der Waals surface area contributed by atoms with Crippen molar-refractivity contribution in [2.24, 2.45) is 0 Å². The molecule has 2 radical (unpaired) electrons. The van der Waals surface area contributed by atoms with Gasteiger partial charge < -0.3 is 8.83 Å². The van der Waals surface area contributed by atoms with E-state index in [9.17, 15) is 0 Å². The van der Waals surface area contributed by atoms with Crippen LogP contribution in [0.1, 0.15) is 0 Å². The van der Waals surface area contributed by atoms with Crippen molar-refractivity contribution in [3.63, 3.8) is 0 Å². The Morgan fingerprint density at radius 1 is 0.606 bits per heavy atom. The van der Waals surface area contributed by atoms with E-state index in [0.29, 0.717) is 11.4 Å². The van der Waals surface area contributed by atoms with Crippen molar-refractivity contribution in [1.82, 2.24) is 4.98 Å². The summed E-state index contributed by atoms with van der Waals surface area (Å²) in [6, 6.07) is 32.4. The highest BCUT2D eigenvalue weighted by Gasteiger charge is 2.18. The van der Waals surface area contributed by atoms with Crippen LogP contribution in [0.15, 0.2) is 106 Å². The van der Waals surface area contributed by atoms with Gasteiger partial charge in [-0.05, 0) is 40.6 Å². The van der Waals surface area contributed by atoms with E-state index in [1.165, 1.54) is 0 Å². The average Bonchev–Trinajstić information content (AvgIpc) is 3.44. The lowest BCUT2D eigenvalue weighted by atomic mass is 9.90. The second kappa shape index (κ2) is 6.85. The molecule has 0 atom stereocenters. The van der Waals surface area contributed by atoms with E-state index in [-0.39, 0.29) is 0 Å². The molecule has 0 aliphatic carbocycles. The SMILES string of the molecule is [B]c1cccc2oc3c(-c4ccccc4-c4nc5cc6ccccc6cc5o4)cccc3c12. The first-order valence-electron chi connectivity index (χ1n) is 10.8. The molecule has 0 N–H and O–H groups in total. The fourth-order valence-corrected chi connectivity index (χ4v) is 4.72. The molecule has 4 heteroatoms. The molecule has 2 heterocycles. The first-order valence-corrected chi connectivity index (χ1v) is 10.8. The van der Waals surface area contributed by atoms with Crippen LogP contribution in [0.4, 0.5) is 0 Å². The Kier molecular flexibility index (Phi) is 3.79. The van der Waals surface area contributed by atoms with Crippen molar-refractivity contribution in [3.8, 4) is 22.6 Å². The number of fused-ring (bicyclic) bond motifs is 5. The summed E-state index contributed by atoms with van der Waals surface area (Å²) >= 11 is 0. The number of furan rings is 1. The second-order valence-corrected chi connectivity index (χ2v) is 8.24. The minimum Gasteiger partial charge on any atom is -0.455 e. The fraction of sp³-hybridized carbons (Fsp3) is 0. The molecule has 0 bridgehead atoms. The third kappa shape index (κ3) is 2.74. The van der Waals surface area contributed by atoms with Gasteiger partial charge in [-0.2, -0.15) is 0 Å². The van der Waals surface area contributed by atoms with Gasteiger partial charge >= 0.3 is 0 Å². The van der Waals surface area contributed by atoms with E-state index >= 15 is 0 Å². The van der Waals surface area contributed by atoms with Crippen molar-refractivity contribution in [1.29, 1.82) is 0 Å². The Labute approximate surface area is 190 Å². The normalized spacial score (nSPS) is 11.8. The predicted molar refractivity (Wildman–Crippen MR) is 135 cm³/mol. The molecule has 0 unspecified atom stereocenters. The number of hydrogen-bond acceptors (Lipinski definition) is 3. The second-order valence-electron chi connectivity index (χ2n) is 8.24. The number of oxazole rings is 1. The quantitative estimate of drug-likeness (QED) is 0.282. The molecule has 3 nitrogen and oxygen atoms in total. The van der Waals surface area contributed by atoms with Gasteiger partial charge in [0.1, 0.15) is 24.5 Å². The molecule has 0 aliphatic heterocycles. The molecule has 2 aromatic heterocycles. The van der Waals surface area contributed by atoms with Crippen LogP contribution in [-0.2, 0) is 0 Å². The van der Waals surface area contributed by atoms with Crippen LogP contribution < -0.4 is 5.46 Å². The molecule has 5 aromatic carbocycles. The maximum absolute atomic E-state index is 6.29. The van der Waals surface area contributed by atoms with Gasteiger partial charge in [0.05, 0.1) is 0 Å². The molecule has 0 amide bonds. The molecule has 0 saturated carbocycles. The number of para-hydroxylation sites is 1. The smallest absolute Gasteiger partial charge is 0.227 e. The highest BCUT2D eigenvalue weighted by atomic mass is 16.3. The fourth-order valence-electron chi connectivity index (χ4n) is 4.72. The van der Waals surface area contributed by atoms with Gasteiger partial charge in [-0.1, -0.05) is 78.3 Å². The lowest BCUT2D eigenvalue weighted by Crippen LogP contribution is -2.01. The van der Waals surface area contributed by atoms with Crippen LogP contribution in [-0.4, -0.2) is 12.8 Å². The molecular weight excluding hydrogens is 405 g/mol. The maximum atomic E-state index is 6.29. The molecule has 7 aromatic rings. The Morgan fingerprint density at radius 2 is 1.33 bits per heavy atom. The maximum Gasteiger partial charge on any atom is 0.227 e. The minimum atomic E-state index is 0.587. The van der Waals surface area contributed by atoms with E-state index in [1.54, 1.807) is 0 Å². The molecule has 0 fully saturated rings. The van der Waals surface area contributed by atoms with Crippen molar-refractivity contribution in [3.05, 3.63) is 97.1 Å². The summed E-state index contributed by atoms with van der Waals surface area (Å²) < 4.78 is 12.5. The van der Waals surface area contributed by atoms with Crippen LogP contribution in [0.2, 0.25) is 0 Å².